The third-order valence-electron chi connectivity index (χ3n) is 2.46. The Labute approximate surface area is 105 Å². The average molecular weight is 252 g/mol. The van der Waals surface area contributed by atoms with Gasteiger partial charge in [-0.05, 0) is 45.1 Å². The number of carbonyl (C=O) groups is 1. The molecule has 1 aromatic carbocycles. The summed E-state index contributed by atoms with van der Waals surface area (Å²) in [6, 6.07) is 2.67. The van der Waals surface area contributed by atoms with Crippen molar-refractivity contribution < 1.29 is 25.2 Å². The SMILES string of the molecule is CC(=O)c1ccc(O)c(/C=C/C(C)(C)OO)c1O. The van der Waals surface area contributed by atoms with Crippen LogP contribution in [0.1, 0.15) is 36.7 Å². The van der Waals surface area contributed by atoms with Crippen LogP contribution in [0.25, 0.3) is 6.08 Å². The van der Waals surface area contributed by atoms with Crippen molar-refractivity contribution in [2.24, 2.45) is 0 Å². The molecule has 1 aromatic rings. The molecule has 0 amide bonds. The largest absolute Gasteiger partial charge is 0.507 e. The first-order valence-corrected chi connectivity index (χ1v) is 5.36. The van der Waals surface area contributed by atoms with Gasteiger partial charge in [0, 0.05) is 0 Å². The van der Waals surface area contributed by atoms with Crippen molar-refractivity contribution in [1.29, 1.82) is 0 Å². The normalized spacial score (nSPS) is 12.0. The molecule has 0 radical (unpaired) electrons. The highest BCUT2D eigenvalue weighted by Gasteiger charge is 2.17. The van der Waals surface area contributed by atoms with Crippen LogP contribution >= 0.6 is 0 Å². The molecule has 0 aliphatic carbocycles. The highest BCUT2D eigenvalue weighted by Crippen LogP contribution is 2.32. The van der Waals surface area contributed by atoms with E-state index >= 15 is 0 Å². The van der Waals surface area contributed by atoms with E-state index in [2.05, 4.69) is 4.89 Å². The van der Waals surface area contributed by atoms with Crippen LogP contribution in [-0.4, -0.2) is 26.9 Å². The molecule has 0 aromatic heterocycles. The lowest BCUT2D eigenvalue weighted by atomic mass is 10.0. The topological polar surface area (TPSA) is 87.0 Å². The summed E-state index contributed by atoms with van der Waals surface area (Å²) < 4.78 is 0. The highest BCUT2D eigenvalue weighted by molar-refractivity contribution is 5.98. The zero-order valence-corrected chi connectivity index (χ0v) is 10.5. The van der Waals surface area contributed by atoms with E-state index in [1.54, 1.807) is 13.8 Å². The van der Waals surface area contributed by atoms with Gasteiger partial charge in [0.25, 0.3) is 0 Å². The highest BCUT2D eigenvalue weighted by atomic mass is 17.1. The van der Waals surface area contributed by atoms with Gasteiger partial charge < -0.3 is 10.2 Å². The van der Waals surface area contributed by atoms with Gasteiger partial charge in [0.15, 0.2) is 5.78 Å². The molecule has 1 rings (SSSR count). The maximum atomic E-state index is 11.3. The molecule has 0 saturated heterocycles. The summed E-state index contributed by atoms with van der Waals surface area (Å²) in [6.45, 7) is 4.50. The molecule has 3 N–H and O–H groups in total. The van der Waals surface area contributed by atoms with Crippen LogP contribution in [-0.2, 0) is 4.89 Å². The monoisotopic (exact) mass is 252 g/mol. The number of aromatic hydroxyl groups is 2. The molecular weight excluding hydrogens is 236 g/mol. The predicted octanol–water partition coefficient (Wildman–Crippen LogP) is 2.58. The third-order valence-corrected chi connectivity index (χ3v) is 2.46. The maximum absolute atomic E-state index is 11.3. The van der Waals surface area contributed by atoms with Crippen LogP contribution in [0.4, 0.5) is 0 Å². The van der Waals surface area contributed by atoms with Crippen LogP contribution in [0.2, 0.25) is 0 Å². The Hall–Kier alpha value is -1.85. The Bertz CT molecular complexity index is 488. The van der Waals surface area contributed by atoms with Gasteiger partial charge in [0.05, 0.1) is 11.1 Å². The molecule has 0 saturated carbocycles. The van der Waals surface area contributed by atoms with E-state index in [1.807, 2.05) is 0 Å². The minimum atomic E-state index is -0.967. The zero-order valence-electron chi connectivity index (χ0n) is 10.5. The van der Waals surface area contributed by atoms with Crippen molar-refractivity contribution >= 4 is 11.9 Å². The molecule has 0 atom stereocenters. The number of benzene rings is 1. The Kier molecular flexibility index (Phi) is 4.11. The predicted molar refractivity (Wildman–Crippen MR) is 66.6 cm³/mol. The van der Waals surface area contributed by atoms with E-state index in [0.717, 1.165) is 0 Å². The molecule has 18 heavy (non-hydrogen) atoms. The average Bonchev–Trinajstić information content (AvgIpc) is 2.28. The Balaban J connectivity index is 3.24. The minimum Gasteiger partial charge on any atom is -0.507 e. The fourth-order valence-corrected chi connectivity index (χ4v) is 1.36. The smallest absolute Gasteiger partial charge is 0.163 e. The molecule has 5 heteroatoms. The molecule has 0 aliphatic heterocycles. The molecule has 0 fully saturated rings. The molecule has 0 bridgehead atoms. The van der Waals surface area contributed by atoms with Crippen molar-refractivity contribution in [3.63, 3.8) is 0 Å². The number of carbonyl (C=O) groups excluding carboxylic acids is 1. The van der Waals surface area contributed by atoms with Crippen molar-refractivity contribution in [1.82, 2.24) is 0 Å². The molecular formula is C13H16O5. The first kappa shape index (κ1) is 14.2. The number of rotatable bonds is 4. The number of hydrogen-bond acceptors (Lipinski definition) is 5. The zero-order chi connectivity index (χ0) is 13.9. The van der Waals surface area contributed by atoms with E-state index in [0.29, 0.717) is 0 Å². The van der Waals surface area contributed by atoms with Crippen LogP contribution < -0.4 is 0 Å². The van der Waals surface area contributed by atoms with Gasteiger partial charge in [0.1, 0.15) is 17.1 Å². The van der Waals surface area contributed by atoms with Gasteiger partial charge in [-0.2, -0.15) is 0 Å². The molecule has 98 valence electrons. The Morgan fingerprint density at radius 3 is 2.44 bits per heavy atom. The van der Waals surface area contributed by atoms with Gasteiger partial charge in [-0.1, -0.05) is 0 Å². The summed E-state index contributed by atoms with van der Waals surface area (Å²) in [7, 11) is 0. The molecule has 0 heterocycles. The first-order chi connectivity index (χ1) is 8.28. The molecule has 0 unspecified atom stereocenters. The summed E-state index contributed by atoms with van der Waals surface area (Å²) in [5.41, 5.74) is -0.742. The van der Waals surface area contributed by atoms with E-state index in [-0.39, 0.29) is 28.4 Å². The van der Waals surface area contributed by atoms with Crippen molar-refractivity contribution in [2.75, 3.05) is 0 Å². The third kappa shape index (κ3) is 3.09. The van der Waals surface area contributed by atoms with Gasteiger partial charge in [-0.15, -0.1) is 0 Å². The Morgan fingerprint density at radius 2 is 1.94 bits per heavy atom. The lowest BCUT2D eigenvalue weighted by Crippen LogP contribution is -2.18. The van der Waals surface area contributed by atoms with Gasteiger partial charge in [-0.25, -0.2) is 4.89 Å². The molecule has 5 nitrogen and oxygen atoms in total. The van der Waals surface area contributed by atoms with Gasteiger partial charge in [0.2, 0.25) is 0 Å². The quantitative estimate of drug-likeness (QED) is 0.435. The van der Waals surface area contributed by atoms with Crippen molar-refractivity contribution in [3.8, 4) is 11.5 Å². The number of hydrogen-bond donors (Lipinski definition) is 3. The van der Waals surface area contributed by atoms with E-state index in [4.69, 9.17) is 5.26 Å². The van der Waals surface area contributed by atoms with Crippen LogP contribution in [0, 0.1) is 0 Å². The summed E-state index contributed by atoms with van der Waals surface area (Å²) >= 11 is 0. The lowest BCUT2D eigenvalue weighted by molar-refractivity contribution is -0.296. The second kappa shape index (κ2) is 5.20. The summed E-state index contributed by atoms with van der Waals surface area (Å²) in [4.78, 5) is 15.5. The number of phenolic OH excluding ortho intramolecular Hbond substituents is 2. The lowest BCUT2D eigenvalue weighted by Gasteiger charge is -2.15. The van der Waals surface area contributed by atoms with Crippen LogP contribution in [0.5, 0.6) is 11.5 Å². The Morgan fingerprint density at radius 1 is 1.33 bits per heavy atom. The number of ketones is 1. The number of phenols is 2. The van der Waals surface area contributed by atoms with Crippen LogP contribution in [0.3, 0.4) is 0 Å². The van der Waals surface area contributed by atoms with Crippen LogP contribution in [0.15, 0.2) is 18.2 Å². The minimum absolute atomic E-state index is 0.104. The van der Waals surface area contributed by atoms with E-state index in [1.165, 1.54) is 31.2 Å². The van der Waals surface area contributed by atoms with E-state index < -0.39 is 5.60 Å². The fraction of sp³-hybridized carbons (Fsp3) is 0.308. The number of Topliss-reactive ketones (excluding diaryl/α,β-unsaturated/α-hetero) is 1. The molecule has 0 aliphatic rings. The van der Waals surface area contributed by atoms with Gasteiger partial charge >= 0.3 is 0 Å². The summed E-state index contributed by atoms with van der Waals surface area (Å²) in [5, 5.41) is 28.1. The fourth-order valence-electron chi connectivity index (χ4n) is 1.36. The first-order valence-electron chi connectivity index (χ1n) is 5.36. The second-order valence-electron chi connectivity index (χ2n) is 4.48. The second-order valence-corrected chi connectivity index (χ2v) is 4.48. The molecule has 0 spiro atoms. The van der Waals surface area contributed by atoms with Crippen molar-refractivity contribution in [3.05, 3.63) is 29.3 Å². The standard InChI is InChI=1S/C13H16O5/c1-8(14)9-4-5-11(15)10(12(9)16)6-7-13(2,3)18-17/h4-7,15-17H,1-3H3/b7-6+. The van der Waals surface area contributed by atoms with Gasteiger partial charge in [-0.3, -0.25) is 10.1 Å². The maximum Gasteiger partial charge on any atom is 0.163 e. The summed E-state index contributed by atoms with van der Waals surface area (Å²) in [6.07, 6.45) is 2.83. The van der Waals surface area contributed by atoms with Crippen molar-refractivity contribution in [2.45, 2.75) is 26.4 Å². The summed E-state index contributed by atoms with van der Waals surface area (Å²) in [5.74, 6) is -0.769. The van der Waals surface area contributed by atoms with E-state index in [9.17, 15) is 15.0 Å².